The maximum absolute atomic E-state index is 11.5. The topological polar surface area (TPSA) is 202 Å². The van der Waals surface area contributed by atoms with Gasteiger partial charge >= 0.3 is 30.0 Å². The Morgan fingerprint density at radius 2 is 1.12 bits per heavy atom. The maximum atomic E-state index is 11.5. The van der Waals surface area contributed by atoms with Gasteiger partial charge in [0.1, 0.15) is 0 Å². The fourth-order valence-electron chi connectivity index (χ4n) is 5.32. The molecule has 0 aliphatic heterocycles. The van der Waals surface area contributed by atoms with E-state index in [2.05, 4.69) is 17.2 Å². The number of para-hydroxylation sites is 3. The van der Waals surface area contributed by atoms with Crippen molar-refractivity contribution in [3.63, 3.8) is 0 Å². The van der Waals surface area contributed by atoms with E-state index in [4.69, 9.17) is 26.0 Å². The Labute approximate surface area is 318 Å². The van der Waals surface area contributed by atoms with Crippen molar-refractivity contribution in [3.05, 3.63) is 108 Å². The first-order chi connectivity index (χ1) is 24.9. The average Bonchev–Trinajstić information content (AvgIpc) is 3.80. The fraction of sp³-hybridized carbons (Fsp3) is 0.189. The molecule has 0 fully saturated rings. The maximum Gasteiger partial charge on any atom is 0.323 e. The van der Waals surface area contributed by atoms with E-state index in [1.807, 2.05) is 78.2 Å². The van der Waals surface area contributed by atoms with Crippen molar-refractivity contribution >= 4 is 101 Å². The third-order valence-electron chi connectivity index (χ3n) is 7.36. The van der Waals surface area contributed by atoms with Crippen LogP contribution in [-0.4, -0.2) is 65.8 Å². The van der Waals surface area contributed by atoms with Gasteiger partial charge in [0, 0.05) is 43.6 Å². The lowest BCUT2D eigenvalue weighted by Crippen LogP contribution is -2.18. The van der Waals surface area contributed by atoms with Crippen LogP contribution in [0.2, 0.25) is 0 Å². The first-order valence-corrected chi connectivity index (χ1v) is 17.6. The zero-order valence-electron chi connectivity index (χ0n) is 28.4. The number of thiocarbonyl (C=S) groups is 1. The lowest BCUT2D eigenvalue weighted by atomic mass is 10.1. The molecule has 0 atom stereocenters. The van der Waals surface area contributed by atoms with Crippen LogP contribution in [0.5, 0.6) is 0 Å². The zero-order chi connectivity index (χ0) is 38.2. The fourth-order valence-corrected chi connectivity index (χ4v) is 5.32. The highest BCUT2D eigenvalue weighted by molar-refractivity contribution is 14.1. The summed E-state index contributed by atoms with van der Waals surface area (Å²) >= 11 is 6.23. The van der Waals surface area contributed by atoms with E-state index in [0.29, 0.717) is 36.2 Å². The number of ether oxygens (including phenoxy) is 2. The number of carbonyl (C=O) groups is 5. The number of amides is 2. The largest absolute Gasteiger partial charge is 0.481 e. The predicted molar refractivity (Wildman–Crippen MR) is 212 cm³/mol. The van der Waals surface area contributed by atoms with Crippen molar-refractivity contribution in [1.82, 2.24) is 14.1 Å². The molecule has 272 valence electrons. The second-order valence-corrected chi connectivity index (χ2v) is 12.4. The molecule has 2 amide bonds. The van der Waals surface area contributed by atoms with Crippen LogP contribution < -0.4 is 11.5 Å². The molecular weight excluding hydrogens is 801 g/mol. The standard InChI is InChI=1S/C13H14N2O3.C12H13NO2.C11H10N2O3.CHIS/c1-2-18-12(16)7-9-8-15(13(14)17)11-6-4-3-5-10(9)11;1-2-15-12(14)7-9-8-13-11-6-4-3-5-10(9)11;12-11(16)13-6-7(5-10(14)15)8-3-1-2-4-9(8)13;2-1-3/h3-6,8H,2,7H2,1H3,(H2,14,17);3-6,8,13H,2,7H2,1H3;1-4,6H,5H2,(H2,12,16)(H,14,15);1H. The molecule has 0 spiro atoms. The number of hydrogen-bond donors (Lipinski definition) is 4. The molecule has 6 rings (SSSR count). The summed E-state index contributed by atoms with van der Waals surface area (Å²) in [5.74, 6) is -1.43. The lowest BCUT2D eigenvalue weighted by Gasteiger charge is -2.00. The van der Waals surface area contributed by atoms with Crippen molar-refractivity contribution < 1.29 is 38.6 Å². The van der Waals surface area contributed by atoms with Crippen molar-refractivity contribution in [2.45, 2.75) is 33.1 Å². The molecule has 0 unspecified atom stereocenters. The van der Waals surface area contributed by atoms with Gasteiger partial charge in [-0.25, -0.2) is 9.59 Å². The summed E-state index contributed by atoms with van der Waals surface area (Å²) < 4.78 is 14.0. The van der Waals surface area contributed by atoms with Gasteiger partial charge in [-0.15, -0.1) is 0 Å². The minimum Gasteiger partial charge on any atom is -0.481 e. The molecule has 0 bridgehead atoms. The summed E-state index contributed by atoms with van der Waals surface area (Å²) in [6, 6.07) is 21.1. The summed E-state index contributed by atoms with van der Waals surface area (Å²) in [5.41, 5.74) is 15.2. The minimum atomic E-state index is -0.938. The summed E-state index contributed by atoms with van der Waals surface area (Å²) in [6.07, 6.45) is 5.26. The van der Waals surface area contributed by atoms with Gasteiger partial charge in [-0.1, -0.05) is 66.8 Å². The average molecular weight is 840 g/mol. The molecular formula is C37H38IN5O8S. The molecule has 6 aromatic rings. The minimum absolute atomic E-state index is 0.124. The van der Waals surface area contributed by atoms with Crippen LogP contribution in [0.3, 0.4) is 0 Å². The number of nitrogens with zero attached hydrogens (tertiary/aromatic N) is 2. The quantitative estimate of drug-likeness (QED) is 0.0570. The van der Waals surface area contributed by atoms with Crippen molar-refractivity contribution in [2.24, 2.45) is 11.5 Å². The predicted octanol–water partition coefficient (Wildman–Crippen LogP) is 6.52. The zero-order valence-corrected chi connectivity index (χ0v) is 31.4. The van der Waals surface area contributed by atoms with E-state index < -0.39 is 18.0 Å². The molecule has 15 heteroatoms. The first-order valence-electron chi connectivity index (χ1n) is 15.8. The van der Waals surface area contributed by atoms with Crippen LogP contribution in [0, 0.1) is 0 Å². The van der Waals surface area contributed by atoms with Gasteiger partial charge in [-0.3, -0.25) is 23.5 Å². The number of rotatable bonds is 8. The molecule has 0 aliphatic carbocycles. The molecule has 3 aromatic heterocycles. The third-order valence-corrected chi connectivity index (χ3v) is 7.36. The number of halogens is 1. The molecule has 0 aliphatic rings. The number of aliphatic carboxylic acids is 1. The molecule has 0 saturated carbocycles. The number of esters is 2. The number of carbonyl (C=O) groups excluding carboxylic acids is 4. The molecule has 3 aromatic carbocycles. The van der Waals surface area contributed by atoms with Crippen LogP contribution in [0.15, 0.2) is 91.4 Å². The van der Waals surface area contributed by atoms with E-state index in [0.717, 1.165) is 32.8 Å². The normalized spacial score (nSPS) is 10.1. The molecule has 6 N–H and O–H groups in total. The van der Waals surface area contributed by atoms with Gasteiger partial charge in [0.15, 0.2) is 0 Å². The number of carboxylic acid groups (broad SMARTS) is 1. The van der Waals surface area contributed by atoms with E-state index >= 15 is 0 Å². The van der Waals surface area contributed by atoms with E-state index in [9.17, 15) is 24.0 Å². The Bertz CT molecular complexity index is 2190. The number of primary amides is 2. The summed E-state index contributed by atoms with van der Waals surface area (Å²) in [5, 5.41) is 11.4. The van der Waals surface area contributed by atoms with Gasteiger partial charge in [0.05, 0.1) is 43.5 Å². The van der Waals surface area contributed by atoms with Gasteiger partial charge in [0.25, 0.3) is 0 Å². The number of nitrogens with one attached hydrogen (secondary N) is 1. The van der Waals surface area contributed by atoms with Crippen LogP contribution in [-0.2, 0) is 43.1 Å². The highest BCUT2D eigenvalue weighted by Gasteiger charge is 2.15. The Hall–Kier alpha value is -5.55. The van der Waals surface area contributed by atoms with Crippen molar-refractivity contribution in [3.8, 4) is 0 Å². The molecule has 52 heavy (non-hydrogen) atoms. The van der Waals surface area contributed by atoms with Gasteiger partial charge in [-0.05, 0) is 71.3 Å². The number of carboxylic acids is 1. The number of H-pyrrole nitrogens is 1. The second-order valence-electron chi connectivity index (χ2n) is 10.7. The van der Waals surface area contributed by atoms with E-state index in [-0.39, 0.29) is 24.8 Å². The Kier molecular flexibility index (Phi) is 16.0. The highest BCUT2D eigenvalue weighted by Crippen LogP contribution is 2.23. The first kappa shape index (κ1) is 40.9. The van der Waals surface area contributed by atoms with E-state index in [1.165, 1.54) is 15.3 Å². The Morgan fingerprint density at radius 3 is 1.56 bits per heavy atom. The van der Waals surface area contributed by atoms with E-state index in [1.54, 1.807) is 46.8 Å². The Morgan fingerprint density at radius 1 is 0.712 bits per heavy atom. The van der Waals surface area contributed by atoms with Crippen molar-refractivity contribution in [1.29, 1.82) is 0 Å². The Balaban J connectivity index is 0.000000203. The smallest absolute Gasteiger partial charge is 0.323 e. The summed E-state index contributed by atoms with van der Waals surface area (Å²) in [6.45, 7) is 4.34. The number of aromatic amines is 1. The number of hydrogen-bond acceptors (Lipinski definition) is 8. The van der Waals surface area contributed by atoms with Gasteiger partial charge in [-0.2, -0.15) is 0 Å². The third kappa shape index (κ3) is 11.2. The van der Waals surface area contributed by atoms with Crippen LogP contribution >= 0.6 is 34.8 Å². The molecule has 0 radical (unpaired) electrons. The van der Waals surface area contributed by atoms with Crippen LogP contribution in [0.25, 0.3) is 32.7 Å². The highest BCUT2D eigenvalue weighted by atomic mass is 127. The van der Waals surface area contributed by atoms with Crippen molar-refractivity contribution in [2.75, 3.05) is 13.2 Å². The summed E-state index contributed by atoms with van der Waals surface area (Å²) in [7, 11) is 0. The molecule has 13 nitrogen and oxygen atoms in total. The van der Waals surface area contributed by atoms with Gasteiger partial charge < -0.3 is 31.0 Å². The number of fused-ring (bicyclic) bond motifs is 3. The number of aromatic nitrogens is 3. The lowest BCUT2D eigenvalue weighted by molar-refractivity contribution is -0.143. The van der Waals surface area contributed by atoms with Crippen LogP contribution in [0.1, 0.15) is 30.5 Å². The second kappa shape index (κ2) is 20.3. The van der Waals surface area contributed by atoms with Gasteiger partial charge in [0.2, 0.25) is 0 Å². The molecule has 0 saturated heterocycles. The van der Waals surface area contributed by atoms with Crippen LogP contribution in [0.4, 0.5) is 9.59 Å². The monoisotopic (exact) mass is 839 g/mol. The SMILES string of the molecule is CCOC(=O)Cc1c[nH]c2ccccc12.CCOC(=O)Cc1cn(C(N)=O)c2ccccc12.NC(=O)n1cc(CC(=O)O)c2ccccc21.S=CI. The number of benzene rings is 3. The summed E-state index contributed by atoms with van der Waals surface area (Å²) in [4.78, 5) is 59.1. The molecule has 3 heterocycles. The number of nitrogens with two attached hydrogens (primary N) is 2.